The molecule has 0 radical (unpaired) electrons. The largest absolute Gasteiger partial charge is 0.497 e. The Morgan fingerprint density at radius 3 is 2.55 bits per heavy atom. The van der Waals surface area contributed by atoms with Crippen LogP contribution in [0, 0.1) is 6.92 Å². The molecule has 0 unspecified atom stereocenters. The fourth-order valence-corrected chi connectivity index (χ4v) is 4.03. The van der Waals surface area contributed by atoms with E-state index in [1.54, 1.807) is 6.07 Å². The summed E-state index contributed by atoms with van der Waals surface area (Å²) in [4.78, 5) is 16.0. The highest BCUT2D eigenvalue weighted by atomic mass is 35.5. The van der Waals surface area contributed by atoms with Crippen molar-refractivity contribution in [2.45, 2.75) is 18.0 Å². The molecule has 3 aromatic rings. The number of aryl methyl sites for hydroxylation is 1. The Kier molecular flexibility index (Phi) is 5.22. The van der Waals surface area contributed by atoms with Crippen LogP contribution in [0.3, 0.4) is 0 Å². The first-order chi connectivity index (χ1) is 13.4. The molecule has 7 nitrogen and oxygen atoms in total. The first kappa shape index (κ1) is 20.9. The Bertz CT molecular complexity index is 1220. The summed E-state index contributed by atoms with van der Waals surface area (Å²) >= 11 is 5.82. The summed E-state index contributed by atoms with van der Waals surface area (Å²) in [5.41, 5.74) is -1.23. The fourth-order valence-electron chi connectivity index (χ4n) is 2.55. The molecular formula is C17H13ClF3N3O4S. The van der Waals surface area contributed by atoms with Gasteiger partial charge in [0, 0.05) is 18.5 Å². The van der Waals surface area contributed by atoms with Gasteiger partial charge in [0.05, 0.1) is 22.6 Å². The zero-order chi connectivity index (χ0) is 21.6. The lowest BCUT2D eigenvalue weighted by atomic mass is 10.2. The van der Waals surface area contributed by atoms with Crippen LogP contribution >= 0.6 is 11.6 Å². The van der Waals surface area contributed by atoms with E-state index in [2.05, 4.69) is 4.98 Å². The summed E-state index contributed by atoms with van der Waals surface area (Å²) in [6.07, 6.45) is -3.00. The summed E-state index contributed by atoms with van der Waals surface area (Å²) < 4.78 is 71.6. The summed E-state index contributed by atoms with van der Waals surface area (Å²) in [6.45, 7) is 1.53. The molecule has 0 aliphatic heterocycles. The van der Waals surface area contributed by atoms with Gasteiger partial charge >= 0.3 is 6.18 Å². The van der Waals surface area contributed by atoms with Crippen LogP contribution in [-0.2, 0) is 16.2 Å². The second-order valence-electron chi connectivity index (χ2n) is 6.00. The quantitative estimate of drug-likeness (QED) is 0.661. The average molecular weight is 448 g/mol. The van der Waals surface area contributed by atoms with E-state index in [0.717, 1.165) is 10.6 Å². The first-order valence-corrected chi connectivity index (χ1v) is 9.76. The Balaban J connectivity index is 1.97. The highest BCUT2D eigenvalue weighted by Crippen LogP contribution is 2.32. The number of amides is 1. The molecule has 0 bridgehead atoms. The standard InChI is InChI=1S/C17H13ClF3N3O4S/c1-9-3-4-11(28-2)6-14(9)29(26,27)23-16(25)13-8-24-7-10(17(19,20)21)5-12(18)15(24)22-13/h3-8H,1-2H3,(H,23,25). The number of rotatable bonds is 4. The lowest BCUT2D eigenvalue weighted by Gasteiger charge is -2.10. The third-order valence-corrected chi connectivity index (χ3v) is 5.73. The van der Waals surface area contributed by atoms with E-state index in [-0.39, 0.29) is 21.3 Å². The van der Waals surface area contributed by atoms with E-state index in [1.165, 1.54) is 26.2 Å². The minimum absolute atomic E-state index is 0.125. The van der Waals surface area contributed by atoms with Crippen molar-refractivity contribution >= 4 is 33.2 Å². The molecule has 1 N–H and O–H groups in total. The lowest BCUT2D eigenvalue weighted by molar-refractivity contribution is -0.137. The van der Waals surface area contributed by atoms with Crippen molar-refractivity contribution in [1.29, 1.82) is 0 Å². The van der Waals surface area contributed by atoms with E-state index >= 15 is 0 Å². The highest BCUT2D eigenvalue weighted by molar-refractivity contribution is 7.90. The maximum Gasteiger partial charge on any atom is 0.417 e. The van der Waals surface area contributed by atoms with Crippen LogP contribution in [0.5, 0.6) is 5.75 Å². The molecule has 1 aromatic carbocycles. The number of carbonyl (C=O) groups excluding carboxylic acids is 1. The van der Waals surface area contributed by atoms with Crippen molar-refractivity contribution in [2.75, 3.05) is 7.11 Å². The SMILES string of the molecule is COc1ccc(C)c(S(=O)(=O)NC(=O)c2cn3cc(C(F)(F)F)cc(Cl)c3n2)c1. The molecule has 0 fully saturated rings. The van der Waals surface area contributed by atoms with E-state index < -0.39 is 33.4 Å². The monoisotopic (exact) mass is 447 g/mol. The molecule has 0 spiro atoms. The summed E-state index contributed by atoms with van der Waals surface area (Å²) in [6, 6.07) is 4.96. The van der Waals surface area contributed by atoms with Crippen molar-refractivity contribution in [3.8, 4) is 5.75 Å². The number of aromatic nitrogens is 2. The summed E-state index contributed by atoms with van der Waals surface area (Å²) in [5.74, 6) is -0.858. The normalized spacial score (nSPS) is 12.2. The van der Waals surface area contributed by atoms with Crippen LogP contribution in [-0.4, -0.2) is 30.8 Å². The molecule has 29 heavy (non-hydrogen) atoms. The Labute approximate surface area is 168 Å². The Morgan fingerprint density at radius 1 is 1.24 bits per heavy atom. The van der Waals surface area contributed by atoms with Crippen molar-refractivity contribution in [3.63, 3.8) is 0 Å². The molecular weight excluding hydrogens is 435 g/mol. The molecule has 0 atom stereocenters. The van der Waals surface area contributed by atoms with Crippen molar-refractivity contribution < 1.29 is 31.1 Å². The molecule has 0 saturated carbocycles. The number of nitrogens with zero attached hydrogens (tertiary/aromatic N) is 2. The van der Waals surface area contributed by atoms with Gasteiger partial charge in [-0.3, -0.25) is 4.79 Å². The number of sulfonamides is 1. The number of carbonyl (C=O) groups is 1. The number of fused-ring (bicyclic) bond motifs is 1. The van der Waals surface area contributed by atoms with Crippen LogP contribution in [0.4, 0.5) is 13.2 Å². The number of ether oxygens (including phenoxy) is 1. The highest BCUT2D eigenvalue weighted by Gasteiger charge is 2.32. The van der Waals surface area contributed by atoms with Gasteiger partial charge in [0.2, 0.25) is 0 Å². The number of halogens is 4. The van der Waals surface area contributed by atoms with Crippen LogP contribution in [0.15, 0.2) is 41.6 Å². The van der Waals surface area contributed by atoms with Gasteiger partial charge in [-0.1, -0.05) is 17.7 Å². The zero-order valence-corrected chi connectivity index (χ0v) is 16.5. The first-order valence-electron chi connectivity index (χ1n) is 7.89. The van der Waals surface area contributed by atoms with Gasteiger partial charge in [-0.15, -0.1) is 0 Å². The second kappa shape index (κ2) is 7.23. The predicted molar refractivity (Wildman–Crippen MR) is 97.6 cm³/mol. The minimum Gasteiger partial charge on any atom is -0.497 e. The third-order valence-electron chi connectivity index (χ3n) is 3.98. The Morgan fingerprint density at radius 2 is 1.93 bits per heavy atom. The van der Waals surface area contributed by atoms with Crippen LogP contribution in [0.1, 0.15) is 21.6 Å². The molecule has 0 saturated heterocycles. The van der Waals surface area contributed by atoms with Gasteiger partial charge in [-0.05, 0) is 24.6 Å². The van der Waals surface area contributed by atoms with E-state index in [4.69, 9.17) is 16.3 Å². The Hall–Kier alpha value is -2.79. The van der Waals surface area contributed by atoms with E-state index in [1.807, 2.05) is 4.72 Å². The average Bonchev–Trinajstić information content (AvgIpc) is 3.06. The van der Waals surface area contributed by atoms with Crippen LogP contribution in [0.25, 0.3) is 5.65 Å². The van der Waals surface area contributed by atoms with Gasteiger partial charge in [-0.25, -0.2) is 18.1 Å². The van der Waals surface area contributed by atoms with Gasteiger partial charge in [0.1, 0.15) is 11.4 Å². The molecule has 1 amide bonds. The van der Waals surface area contributed by atoms with E-state index in [0.29, 0.717) is 17.8 Å². The molecule has 154 valence electrons. The smallest absolute Gasteiger partial charge is 0.417 e. The molecule has 0 aliphatic rings. The predicted octanol–water partition coefficient (Wildman–Crippen LogP) is 3.44. The number of hydrogen-bond acceptors (Lipinski definition) is 5. The number of nitrogens with one attached hydrogen (secondary N) is 1. The number of methoxy groups -OCH3 is 1. The fraction of sp³-hybridized carbons (Fsp3) is 0.176. The summed E-state index contributed by atoms with van der Waals surface area (Å²) in [7, 11) is -2.94. The number of imidazole rings is 1. The third kappa shape index (κ3) is 4.15. The number of pyridine rings is 1. The molecule has 12 heteroatoms. The van der Waals surface area contributed by atoms with Gasteiger partial charge in [0.15, 0.2) is 5.65 Å². The van der Waals surface area contributed by atoms with Crippen LogP contribution in [0.2, 0.25) is 5.02 Å². The van der Waals surface area contributed by atoms with Crippen molar-refractivity contribution in [3.05, 3.63) is 58.5 Å². The number of hydrogen-bond donors (Lipinski definition) is 1. The summed E-state index contributed by atoms with van der Waals surface area (Å²) in [5, 5.41) is -0.342. The topological polar surface area (TPSA) is 89.8 Å². The number of benzene rings is 1. The molecule has 2 aromatic heterocycles. The maximum atomic E-state index is 12.9. The lowest BCUT2D eigenvalue weighted by Crippen LogP contribution is -2.31. The van der Waals surface area contributed by atoms with Crippen molar-refractivity contribution in [2.24, 2.45) is 0 Å². The molecule has 2 heterocycles. The van der Waals surface area contributed by atoms with Gasteiger partial charge in [-0.2, -0.15) is 13.2 Å². The van der Waals surface area contributed by atoms with Crippen LogP contribution < -0.4 is 9.46 Å². The zero-order valence-electron chi connectivity index (χ0n) is 14.9. The number of alkyl halides is 3. The maximum absolute atomic E-state index is 12.9. The second-order valence-corrected chi connectivity index (χ2v) is 8.06. The van der Waals surface area contributed by atoms with Gasteiger partial charge in [0.25, 0.3) is 15.9 Å². The minimum atomic E-state index is -4.66. The van der Waals surface area contributed by atoms with Gasteiger partial charge < -0.3 is 9.14 Å². The molecule has 3 rings (SSSR count). The van der Waals surface area contributed by atoms with E-state index in [9.17, 15) is 26.4 Å². The molecule has 0 aliphatic carbocycles. The van der Waals surface area contributed by atoms with Crippen molar-refractivity contribution in [1.82, 2.24) is 14.1 Å².